The molecule has 0 saturated carbocycles. The molecule has 0 unspecified atom stereocenters. The van der Waals surface area contributed by atoms with Crippen LogP contribution in [0, 0.1) is 6.92 Å². The number of nitrogens with zero attached hydrogens (tertiary/aromatic N) is 2. The number of anilines is 1. The summed E-state index contributed by atoms with van der Waals surface area (Å²) >= 11 is 6.36. The van der Waals surface area contributed by atoms with Gasteiger partial charge < -0.3 is 9.64 Å². The highest BCUT2D eigenvalue weighted by Crippen LogP contribution is 2.32. The molecule has 0 N–H and O–H groups in total. The third-order valence-electron chi connectivity index (χ3n) is 6.10. The zero-order valence-electron chi connectivity index (χ0n) is 21.2. The van der Waals surface area contributed by atoms with E-state index in [4.69, 9.17) is 16.3 Å². The van der Waals surface area contributed by atoms with Crippen LogP contribution in [0.1, 0.15) is 16.7 Å². The highest BCUT2D eigenvalue weighted by molar-refractivity contribution is 7.92. The van der Waals surface area contributed by atoms with Crippen molar-refractivity contribution in [1.82, 2.24) is 4.90 Å². The molecule has 1 amide bonds. The Balaban J connectivity index is 1.72. The summed E-state index contributed by atoms with van der Waals surface area (Å²) < 4.78 is 34.1. The van der Waals surface area contributed by atoms with Crippen molar-refractivity contribution < 1.29 is 17.9 Å². The number of methoxy groups -OCH3 is 1. The van der Waals surface area contributed by atoms with Gasteiger partial charge in [-0.3, -0.25) is 9.10 Å². The Morgan fingerprint density at radius 3 is 1.87 bits per heavy atom. The molecular formula is C30H29ClN2O4S. The Hall–Kier alpha value is -3.81. The smallest absolute Gasteiger partial charge is 0.264 e. The number of amides is 1. The van der Waals surface area contributed by atoms with Gasteiger partial charge >= 0.3 is 0 Å². The first-order chi connectivity index (χ1) is 18.3. The number of halogens is 1. The average molecular weight is 549 g/mol. The minimum absolute atomic E-state index is 0.0838. The molecule has 4 aromatic rings. The Morgan fingerprint density at radius 2 is 1.37 bits per heavy atom. The van der Waals surface area contributed by atoms with Crippen LogP contribution < -0.4 is 9.04 Å². The van der Waals surface area contributed by atoms with Crippen molar-refractivity contribution in [1.29, 1.82) is 0 Å². The van der Waals surface area contributed by atoms with Gasteiger partial charge in [0.15, 0.2) is 0 Å². The molecule has 38 heavy (non-hydrogen) atoms. The van der Waals surface area contributed by atoms with Crippen molar-refractivity contribution in [3.8, 4) is 5.75 Å². The van der Waals surface area contributed by atoms with Crippen molar-refractivity contribution >= 4 is 33.2 Å². The SMILES string of the molecule is COc1ccc(N(CC(=O)N(Cc2ccccc2)Cc2ccccc2)S(=O)(=O)c2ccc(C)cc2)cc1Cl. The van der Waals surface area contributed by atoms with Crippen molar-refractivity contribution in [2.75, 3.05) is 18.0 Å². The molecule has 8 heteroatoms. The summed E-state index contributed by atoms with van der Waals surface area (Å²) in [6.45, 7) is 2.14. The third-order valence-corrected chi connectivity index (χ3v) is 8.18. The molecule has 0 aliphatic heterocycles. The third kappa shape index (κ3) is 6.54. The number of aryl methyl sites for hydroxylation is 1. The zero-order valence-corrected chi connectivity index (χ0v) is 22.8. The Kier molecular flexibility index (Phi) is 8.71. The van der Waals surface area contributed by atoms with Gasteiger partial charge in [-0.15, -0.1) is 0 Å². The van der Waals surface area contributed by atoms with Gasteiger partial charge in [0.2, 0.25) is 5.91 Å². The Bertz CT molecular complexity index is 1440. The molecule has 0 aromatic heterocycles. The lowest BCUT2D eigenvalue weighted by molar-refractivity contribution is -0.130. The average Bonchev–Trinajstić information content (AvgIpc) is 2.92. The first-order valence-electron chi connectivity index (χ1n) is 12.1. The summed E-state index contributed by atoms with van der Waals surface area (Å²) in [5.74, 6) is 0.0598. The molecule has 0 atom stereocenters. The molecule has 0 saturated heterocycles. The number of sulfonamides is 1. The van der Waals surface area contributed by atoms with E-state index < -0.39 is 16.6 Å². The quantitative estimate of drug-likeness (QED) is 0.241. The molecule has 0 bridgehead atoms. The molecule has 196 valence electrons. The molecule has 0 heterocycles. The van der Waals surface area contributed by atoms with E-state index in [0.29, 0.717) is 18.8 Å². The van der Waals surface area contributed by atoms with Crippen molar-refractivity contribution in [2.24, 2.45) is 0 Å². The molecular weight excluding hydrogens is 520 g/mol. The number of benzene rings is 4. The van der Waals surface area contributed by atoms with E-state index in [2.05, 4.69) is 0 Å². The Labute approximate surface area is 229 Å². The Morgan fingerprint density at radius 1 is 0.816 bits per heavy atom. The lowest BCUT2D eigenvalue weighted by Crippen LogP contribution is -2.42. The second-order valence-corrected chi connectivity index (χ2v) is 11.1. The minimum atomic E-state index is -4.10. The van der Waals surface area contributed by atoms with Crippen LogP contribution in [0.25, 0.3) is 0 Å². The minimum Gasteiger partial charge on any atom is -0.495 e. The van der Waals surface area contributed by atoms with Crippen molar-refractivity contribution in [2.45, 2.75) is 24.9 Å². The number of carbonyl (C=O) groups excluding carboxylic acids is 1. The fraction of sp³-hybridized carbons (Fsp3) is 0.167. The van der Waals surface area contributed by atoms with E-state index in [1.807, 2.05) is 67.6 Å². The maximum Gasteiger partial charge on any atom is 0.264 e. The van der Waals surface area contributed by atoms with Gasteiger partial charge in [0.05, 0.1) is 22.7 Å². The van der Waals surface area contributed by atoms with Crippen LogP contribution in [-0.4, -0.2) is 32.9 Å². The maximum absolute atomic E-state index is 13.9. The molecule has 4 aromatic carbocycles. The van der Waals surface area contributed by atoms with E-state index in [0.717, 1.165) is 21.0 Å². The van der Waals surface area contributed by atoms with Crippen LogP contribution in [0.15, 0.2) is 108 Å². The van der Waals surface area contributed by atoms with Crippen LogP contribution in [0.2, 0.25) is 5.02 Å². The number of carbonyl (C=O) groups is 1. The summed E-state index contributed by atoms with van der Waals surface area (Å²) in [5, 5.41) is 0.243. The highest BCUT2D eigenvalue weighted by Gasteiger charge is 2.30. The van der Waals surface area contributed by atoms with Gasteiger partial charge in [0.1, 0.15) is 12.3 Å². The van der Waals surface area contributed by atoms with E-state index in [-0.39, 0.29) is 21.5 Å². The standard InChI is InChI=1S/C30H29ClN2O4S/c1-23-13-16-27(17-14-23)38(35,36)33(26-15-18-29(37-2)28(31)19-26)22-30(34)32(20-24-9-5-3-6-10-24)21-25-11-7-4-8-12-25/h3-19H,20-22H2,1-2H3. The topological polar surface area (TPSA) is 66.9 Å². The summed E-state index contributed by atoms with van der Waals surface area (Å²) in [6.07, 6.45) is 0. The zero-order chi connectivity index (χ0) is 27.1. The fourth-order valence-corrected chi connectivity index (χ4v) is 5.68. The molecule has 6 nitrogen and oxygen atoms in total. The molecule has 0 spiro atoms. The van der Waals surface area contributed by atoms with E-state index >= 15 is 0 Å². The maximum atomic E-state index is 13.9. The van der Waals surface area contributed by atoms with Crippen LogP contribution in [-0.2, 0) is 27.9 Å². The second kappa shape index (κ2) is 12.2. The number of ether oxygens (including phenoxy) is 1. The monoisotopic (exact) mass is 548 g/mol. The first kappa shape index (κ1) is 27.2. The highest BCUT2D eigenvalue weighted by atomic mass is 35.5. The molecule has 4 rings (SSSR count). The van der Waals surface area contributed by atoms with Crippen molar-refractivity contribution in [3.05, 3.63) is 125 Å². The van der Waals surface area contributed by atoms with Gasteiger partial charge in [0, 0.05) is 13.1 Å². The fourth-order valence-electron chi connectivity index (χ4n) is 4.03. The summed E-state index contributed by atoms with van der Waals surface area (Å²) in [6, 6.07) is 30.4. The first-order valence-corrected chi connectivity index (χ1v) is 13.9. The molecule has 0 fully saturated rings. The predicted molar refractivity (Wildman–Crippen MR) is 151 cm³/mol. The second-order valence-electron chi connectivity index (χ2n) is 8.86. The van der Waals surface area contributed by atoms with Crippen LogP contribution >= 0.6 is 11.6 Å². The number of hydrogen-bond donors (Lipinski definition) is 0. The van der Waals surface area contributed by atoms with Gasteiger partial charge in [-0.1, -0.05) is 90.0 Å². The summed E-state index contributed by atoms with van der Waals surface area (Å²) in [7, 11) is -2.61. The lowest BCUT2D eigenvalue weighted by Gasteiger charge is -2.29. The van der Waals surface area contributed by atoms with E-state index in [1.54, 1.807) is 41.3 Å². The normalized spacial score (nSPS) is 11.1. The van der Waals surface area contributed by atoms with Crippen LogP contribution in [0.4, 0.5) is 5.69 Å². The molecule has 0 aliphatic carbocycles. The molecule has 0 radical (unpaired) electrons. The van der Waals surface area contributed by atoms with Crippen molar-refractivity contribution in [3.63, 3.8) is 0 Å². The van der Waals surface area contributed by atoms with Crippen LogP contribution in [0.5, 0.6) is 5.75 Å². The van der Waals surface area contributed by atoms with Gasteiger partial charge in [-0.05, 0) is 48.4 Å². The van der Waals surface area contributed by atoms with E-state index in [9.17, 15) is 13.2 Å². The van der Waals surface area contributed by atoms with Crippen LogP contribution in [0.3, 0.4) is 0 Å². The summed E-state index contributed by atoms with van der Waals surface area (Å²) in [4.78, 5) is 15.6. The molecule has 0 aliphatic rings. The lowest BCUT2D eigenvalue weighted by atomic mass is 10.1. The summed E-state index contributed by atoms with van der Waals surface area (Å²) in [5.41, 5.74) is 3.08. The largest absolute Gasteiger partial charge is 0.495 e. The van der Waals surface area contributed by atoms with Gasteiger partial charge in [-0.2, -0.15) is 0 Å². The van der Waals surface area contributed by atoms with Gasteiger partial charge in [0.25, 0.3) is 10.0 Å². The van der Waals surface area contributed by atoms with Gasteiger partial charge in [-0.25, -0.2) is 8.42 Å². The predicted octanol–water partition coefficient (Wildman–Crippen LogP) is 6.08. The number of hydrogen-bond acceptors (Lipinski definition) is 4. The number of rotatable bonds is 10. The van der Waals surface area contributed by atoms with E-state index in [1.165, 1.54) is 13.2 Å².